The van der Waals surface area contributed by atoms with Crippen molar-refractivity contribution in [2.24, 2.45) is 5.90 Å². The fraction of sp³-hybridized carbons (Fsp3) is 0.280. The van der Waals surface area contributed by atoms with Gasteiger partial charge in [-0.25, -0.2) is 15.9 Å². The minimum atomic E-state index is -0.222. The number of para-hydroxylation sites is 1. The lowest BCUT2D eigenvalue weighted by atomic mass is 10.1. The Balaban J connectivity index is 1.41. The Morgan fingerprint density at radius 3 is 2.76 bits per heavy atom. The van der Waals surface area contributed by atoms with Crippen LogP contribution in [0.25, 0.3) is 22.2 Å². The first-order valence-electron chi connectivity index (χ1n) is 11.1. The monoisotopic (exact) mass is 461 g/mol. The summed E-state index contributed by atoms with van der Waals surface area (Å²) in [6.45, 7) is 2.03. The predicted molar refractivity (Wildman–Crippen MR) is 135 cm³/mol. The second-order valence-corrected chi connectivity index (χ2v) is 10.8. The summed E-state index contributed by atoms with van der Waals surface area (Å²) in [5, 5.41) is 5.84. The van der Waals surface area contributed by atoms with E-state index in [0.29, 0.717) is 5.95 Å². The summed E-state index contributed by atoms with van der Waals surface area (Å²) < 4.78 is 5.72. The number of hydrogen-bond acceptors (Lipinski definition) is 6. The summed E-state index contributed by atoms with van der Waals surface area (Å²) in [4.78, 5) is 17.7. The molecule has 3 heterocycles. The molecule has 4 aromatic rings. The SMILES string of the molecule is COc1cc(P2CCC(ON)CC2)ccc1Nc1ncc(C)c(-c2c[nH]c3ccccc23)n1. The third kappa shape index (κ3) is 4.44. The molecular formula is C25H28N5O2P. The van der Waals surface area contributed by atoms with Gasteiger partial charge in [-0.3, -0.25) is 0 Å². The molecule has 5 rings (SSSR count). The Labute approximate surface area is 194 Å². The quantitative estimate of drug-likeness (QED) is 0.281. The van der Waals surface area contributed by atoms with Crippen LogP contribution in [0.15, 0.2) is 54.9 Å². The Hall–Kier alpha value is -2.99. The number of fused-ring (bicyclic) bond motifs is 1. The minimum Gasteiger partial charge on any atom is -0.495 e. The van der Waals surface area contributed by atoms with Gasteiger partial charge in [0.15, 0.2) is 0 Å². The number of rotatable bonds is 6. The summed E-state index contributed by atoms with van der Waals surface area (Å²) in [5.41, 5.74) is 4.93. The highest BCUT2D eigenvalue weighted by Crippen LogP contribution is 2.43. The van der Waals surface area contributed by atoms with E-state index < -0.39 is 0 Å². The van der Waals surface area contributed by atoms with Crippen LogP contribution in [0.2, 0.25) is 0 Å². The van der Waals surface area contributed by atoms with E-state index in [9.17, 15) is 0 Å². The molecule has 4 N–H and O–H groups in total. The molecule has 8 heteroatoms. The number of nitrogens with two attached hydrogens (primary N) is 1. The number of benzene rings is 2. The van der Waals surface area contributed by atoms with Gasteiger partial charge in [0, 0.05) is 28.9 Å². The smallest absolute Gasteiger partial charge is 0.227 e. The summed E-state index contributed by atoms with van der Waals surface area (Å²) >= 11 is 0. The maximum atomic E-state index is 5.72. The topological polar surface area (TPSA) is 98.1 Å². The highest BCUT2D eigenvalue weighted by Gasteiger charge is 2.23. The summed E-state index contributed by atoms with van der Waals surface area (Å²) in [7, 11) is 1.48. The lowest BCUT2D eigenvalue weighted by Gasteiger charge is -2.28. The number of hydrogen-bond donors (Lipinski definition) is 3. The number of aromatic nitrogens is 3. The molecule has 7 nitrogen and oxygen atoms in total. The van der Waals surface area contributed by atoms with E-state index in [1.54, 1.807) is 7.11 Å². The van der Waals surface area contributed by atoms with E-state index in [2.05, 4.69) is 45.6 Å². The molecule has 2 aromatic carbocycles. The molecule has 0 amide bonds. The van der Waals surface area contributed by atoms with Crippen LogP contribution in [0.3, 0.4) is 0 Å². The van der Waals surface area contributed by atoms with Crippen LogP contribution < -0.4 is 21.3 Å². The number of ether oxygens (including phenoxy) is 1. The molecule has 0 atom stereocenters. The molecule has 2 aromatic heterocycles. The third-order valence-electron chi connectivity index (χ3n) is 6.25. The van der Waals surface area contributed by atoms with Crippen molar-refractivity contribution >= 4 is 35.8 Å². The highest BCUT2D eigenvalue weighted by molar-refractivity contribution is 7.65. The Morgan fingerprint density at radius 2 is 1.97 bits per heavy atom. The average Bonchev–Trinajstić information content (AvgIpc) is 3.29. The standard InChI is InChI=1S/C25H28N5O2P/c1-16-14-28-25(30-24(16)20-15-27-21-6-4-3-5-19(20)21)29-22-8-7-18(13-23(22)31-2)33-11-9-17(32-26)10-12-33/h3-8,13-15,17,27H,9-12,26H2,1-2H3,(H,28,29,30). The number of methoxy groups -OCH3 is 1. The fourth-order valence-corrected chi connectivity index (χ4v) is 6.92. The van der Waals surface area contributed by atoms with Crippen molar-refractivity contribution in [2.45, 2.75) is 25.9 Å². The molecule has 0 saturated carbocycles. The highest BCUT2D eigenvalue weighted by atomic mass is 31.1. The van der Waals surface area contributed by atoms with Gasteiger partial charge in [-0.2, -0.15) is 0 Å². The van der Waals surface area contributed by atoms with Gasteiger partial charge in [-0.15, -0.1) is 0 Å². The molecule has 1 aliphatic rings. The number of aromatic amines is 1. The molecule has 0 bridgehead atoms. The van der Waals surface area contributed by atoms with Crippen molar-refractivity contribution in [2.75, 3.05) is 24.8 Å². The van der Waals surface area contributed by atoms with Gasteiger partial charge < -0.3 is 19.9 Å². The molecular weight excluding hydrogens is 433 g/mol. The molecule has 0 unspecified atom stereocenters. The number of anilines is 2. The molecule has 1 saturated heterocycles. The fourth-order valence-electron chi connectivity index (χ4n) is 4.39. The maximum absolute atomic E-state index is 5.72. The molecule has 0 radical (unpaired) electrons. The largest absolute Gasteiger partial charge is 0.495 e. The average molecular weight is 462 g/mol. The van der Waals surface area contributed by atoms with Crippen molar-refractivity contribution in [3.05, 3.63) is 60.4 Å². The summed E-state index contributed by atoms with van der Waals surface area (Å²) in [5.74, 6) is 6.71. The molecule has 170 valence electrons. The lowest BCUT2D eigenvalue weighted by molar-refractivity contribution is 0.0474. The number of H-pyrrole nitrogens is 1. The van der Waals surface area contributed by atoms with E-state index >= 15 is 0 Å². The Kier molecular flexibility index (Phi) is 6.27. The first-order chi connectivity index (χ1) is 16.2. The predicted octanol–water partition coefficient (Wildman–Crippen LogP) is 4.85. The number of nitrogens with one attached hydrogen (secondary N) is 2. The van der Waals surface area contributed by atoms with Crippen molar-refractivity contribution in [1.29, 1.82) is 0 Å². The van der Waals surface area contributed by atoms with Crippen LogP contribution in [0.1, 0.15) is 18.4 Å². The van der Waals surface area contributed by atoms with Crippen LogP contribution in [-0.2, 0) is 4.84 Å². The zero-order valence-corrected chi connectivity index (χ0v) is 19.7. The third-order valence-corrected chi connectivity index (χ3v) is 8.85. The second kappa shape index (κ2) is 9.48. The molecule has 1 fully saturated rings. The zero-order chi connectivity index (χ0) is 22.8. The van der Waals surface area contributed by atoms with Gasteiger partial charge in [0.05, 0.1) is 24.6 Å². The normalized spacial score (nSPS) is 18.4. The molecule has 1 aliphatic heterocycles. The Morgan fingerprint density at radius 1 is 1.15 bits per heavy atom. The van der Waals surface area contributed by atoms with Crippen LogP contribution >= 0.6 is 7.92 Å². The van der Waals surface area contributed by atoms with Crippen molar-refractivity contribution in [3.8, 4) is 17.0 Å². The number of aryl methyl sites for hydroxylation is 1. The van der Waals surface area contributed by atoms with E-state index in [1.807, 2.05) is 31.5 Å². The minimum absolute atomic E-state index is 0.191. The van der Waals surface area contributed by atoms with Gasteiger partial charge in [-0.1, -0.05) is 32.2 Å². The molecule has 0 aliphatic carbocycles. The van der Waals surface area contributed by atoms with Crippen molar-refractivity contribution in [1.82, 2.24) is 15.0 Å². The molecule has 0 spiro atoms. The van der Waals surface area contributed by atoms with E-state index in [4.69, 9.17) is 20.5 Å². The number of nitrogens with zero attached hydrogens (tertiary/aromatic N) is 2. The van der Waals surface area contributed by atoms with E-state index in [0.717, 1.165) is 64.3 Å². The van der Waals surface area contributed by atoms with Gasteiger partial charge >= 0.3 is 0 Å². The van der Waals surface area contributed by atoms with Crippen LogP contribution in [0.5, 0.6) is 5.75 Å². The van der Waals surface area contributed by atoms with Gasteiger partial charge in [0.25, 0.3) is 0 Å². The van der Waals surface area contributed by atoms with Gasteiger partial charge in [0.1, 0.15) is 5.75 Å². The first-order valence-corrected chi connectivity index (χ1v) is 12.8. The first kappa shape index (κ1) is 21.8. The van der Waals surface area contributed by atoms with E-state index in [1.165, 1.54) is 5.30 Å². The van der Waals surface area contributed by atoms with Crippen LogP contribution in [-0.4, -0.2) is 40.5 Å². The lowest BCUT2D eigenvalue weighted by Crippen LogP contribution is -2.25. The summed E-state index contributed by atoms with van der Waals surface area (Å²) in [6, 6.07) is 14.6. The van der Waals surface area contributed by atoms with Crippen LogP contribution in [0.4, 0.5) is 11.6 Å². The maximum Gasteiger partial charge on any atom is 0.227 e. The van der Waals surface area contributed by atoms with Gasteiger partial charge in [0.2, 0.25) is 5.95 Å². The Bertz CT molecular complexity index is 1270. The van der Waals surface area contributed by atoms with Crippen molar-refractivity contribution in [3.63, 3.8) is 0 Å². The second-order valence-electron chi connectivity index (χ2n) is 8.31. The molecule has 33 heavy (non-hydrogen) atoms. The van der Waals surface area contributed by atoms with Gasteiger partial charge in [-0.05, 0) is 61.2 Å². The zero-order valence-electron chi connectivity index (χ0n) is 18.8. The van der Waals surface area contributed by atoms with Crippen molar-refractivity contribution < 1.29 is 9.57 Å². The van der Waals surface area contributed by atoms with Crippen LogP contribution in [0, 0.1) is 6.92 Å². The summed E-state index contributed by atoms with van der Waals surface area (Å²) in [6.07, 6.45) is 8.33. The van der Waals surface area contributed by atoms with E-state index in [-0.39, 0.29) is 14.0 Å².